The molecule has 0 spiro atoms. The van der Waals surface area contributed by atoms with E-state index in [4.69, 9.17) is 16.6 Å². The number of aromatic nitrogens is 1. The molecular formula is C19H11BrIN3O2S2. The summed E-state index contributed by atoms with van der Waals surface area (Å²) in [7, 11) is 0. The number of fused-ring (bicyclic) bond motifs is 1. The van der Waals surface area contributed by atoms with Crippen molar-refractivity contribution in [1.82, 2.24) is 10.3 Å². The van der Waals surface area contributed by atoms with E-state index >= 15 is 0 Å². The molecule has 28 heavy (non-hydrogen) atoms. The van der Waals surface area contributed by atoms with Crippen LogP contribution in [0, 0.1) is 3.57 Å². The maximum atomic E-state index is 12.1. The minimum atomic E-state index is -0.235. The predicted octanol–water partition coefficient (Wildman–Crippen LogP) is 6.05. The molecule has 0 saturated carbocycles. The van der Waals surface area contributed by atoms with E-state index in [0.717, 1.165) is 13.6 Å². The summed E-state index contributed by atoms with van der Waals surface area (Å²) in [5, 5.41) is 7.74. The Morgan fingerprint density at radius 3 is 2.86 bits per heavy atom. The van der Waals surface area contributed by atoms with Crippen molar-refractivity contribution in [2.24, 2.45) is 0 Å². The van der Waals surface area contributed by atoms with E-state index in [0.29, 0.717) is 27.6 Å². The van der Waals surface area contributed by atoms with Gasteiger partial charge in [0.15, 0.2) is 10.7 Å². The number of hydrogen-bond donors (Lipinski definition) is 2. The molecular weight excluding hydrogens is 573 g/mol. The molecule has 4 aromatic rings. The largest absolute Gasteiger partial charge is 0.436 e. The summed E-state index contributed by atoms with van der Waals surface area (Å²) < 4.78 is 7.89. The molecule has 5 nitrogen and oxygen atoms in total. The molecule has 4 rings (SSSR count). The highest BCUT2D eigenvalue weighted by molar-refractivity contribution is 14.1. The minimum absolute atomic E-state index is 0.224. The van der Waals surface area contributed by atoms with Crippen molar-refractivity contribution in [2.45, 2.75) is 0 Å². The van der Waals surface area contributed by atoms with E-state index in [2.05, 4.69) is 54.1 Å². The first-order valence-corrected chi connectivity index (χ1v) is 11.2. The number of nitrogens with zero attached hydrogens (tertiary/aromatic N) is 1. The van der Waals surface area contributed by atoms with Crippen LogP contribution in [-0.2, 0) is 0 Å². The summed E-state index contributed by atoms with van der Waals surface area (Å²) in [4.78, 5) is 17.3. The third kappa shape index (κ3) is 4.27. The van der Waals surface area contributed by atoms with Crippen molar-refractivity contribution in [3.63, 3.8) is 0 Å². The Labute approximate surface area is 191 Å². The number of halogens is 2. The number of amides is 1. The van der Waals surface area contributed by atoms with Gasteiger partial charge in [0.05, 0.1) is 10.4 Å². The topological polar surface area (TPSA) is 67.2 Å². The lowest BCUT2D eigenvalue weighted by atomic mass is 10.2. The monoisotopic (exact) mass is 583 g/mol. The van der Waals surface area contributed by atoms with Gasteiger partial charge in [-0.15, -0.1) is 11.3 Å². The lowest BCUT2D eigenvalue weighted by molar-refractivity contribution is 0.0981. The summed E-state index contributed by atoms with van der Waals surface area (Å²) in [6.45, 7) is 0. The van der Waals surface area contributed by atoms with Crippen molar-refractivity contribution in [3.8, 4) is 11.5 Å². The predicted molar refractivity (Wildman–Crippen MR) is 128 cm³/mol. The van der Waals surface area contributed by atoms with Crippen LogP contribution in [0.4, 0.5) is 5.69 Å². The van der Waals surface area contributed by atoms with E-state index in [-0.39, 0.29) is 11.0 Å². The Hall–Kier alpha value is -1.82. The molecule has 0 saturated heterocycles. The van der Waals surface area contributed by atoms with Gasteiger partial charge in [-0.1, -0.05) is 6.07 Å². The number of carbonyl (C=O) groups excluding carboxylic acids is 1. The lowest BCUT2D eigenvalue weighted by Gasteiger charge is -2.08. The second-order valence-electron chi connectivity index (χ2n) is 5.71. The zero-order valence-corrected chi connectivity index (χ0v) is 19.4. The Morgan fingerprint density at radius 2 is 2.07 bits per heavy atom. The third-order valence-corrected chi connectivity index (χ3v) is 6.21. The molecule has 0 aliphatic rings. The quantitative estimate of drug-likeness (QED) is 0.227. The zero-order valence-electron chi connectivity index (χ0n) is 14.0. The fourth-order valence-corrected chi connectivity index (χ4v) is 4.25. The first-order chi connectivity index (χ1) is 13.5. The van der Waals surface area contributed by atoms with Crippen molar-refractivity contribution in [2.75, 3.05) is 5.32 Å². The first kappa shape index (κ1) is 19.5. The first-order valence-electron chi connectivity index (χ1n) is 8.01. The van der Waals surface area contributed by atoms with Crippen molar-refractivity contribution in [1.29, 1.82) is 0 Å². The van der Waals surface area contributed by atoms with Crippen LogP contribution in [-0.4, -0.2) is 16.0 Å². The Bertz CT molecular complexity index is 1190. The lowest BCUT2D eigenvalue weighted by Crippen LogP contribution is -2.33. The van der Waals surface area contributed by atoms with Crippen LogP contribution in [0.1, 0.15) is 9.67 Å². The maximum absolute atomic E-state index is 12.1. The number of thiophene rings is 1. The summed E-state index contributed by atoms with van der Waals surface area (Å²) in [6, 6.07) is 15.0. The molecule has 0 unspecified atom stereocenters. The van der Waals surface area contributed by atoms with Gasteiger partial charge in [0.1, 0.15) is 5.52 Å². The maximum Gasteiger partial charge on any atom is 0.267 e. The SMILES string of the molecule is O=C(NC(=S)Nc1ccc2oc(-c3cc(I)ccc3Br)nc2c1)c1cccs1. The van der Waals surface area contributed by atoms with Gasteiger partial charge in [0, 0.05) is 13.7 Å². The van der Waals surface area contributed by atoms with Crippen LogP contribution in [0.2, 0.25) is 0 Å². The average Bonchev–Trinajstić information content (AvgIpc) is 3.32. The Kier molecular flexibility index (Phi) is 5.76. The van der Waals surface area contributed by atoms with E-state index in [1.54, 1.807) is 6.07 Å². The molecule has 0 atom stereocenters. The van der Waals surface area contributed by atoms with Gasteiger partial charge < -0.3 is 9.73 Å². The number of oxazole rings is 1. The molecule has 0 aliphatic heterocycles. The number of benzene rings is 2. The molecule has 0 bridgehead atoms. The highest BCUT2D eigenvalue weighted by Crippen LogP contribution is 2.32. The number of anilines is 1. The van der Waals surface area contributed by atoms with Crippen LogP contribution in [0.25, 0.3) is 22.6 Å². The van der Waals surface area contributed by atoms with E-state index in [1.165, 1.54) is 11.3 Å². The van der Waals surface area contributed by atoms with Crippen molar-refractivity contribution < 1.29 is 9.21 Å². The van der Waals surface area contributed by atoms with Crippen LogP contribution >= 0.6 is 62.1 Å². The van der Waals surface area contributed by atoms with Gasteiger partial charge in [-0.2, -0.15) is 0 Å². The fraction of sp³-hybridized carbons (Fsp3) is 0. The molecule has 2 heterocycles. The summed E-state index contributed by atoms with van der Waals surface area (Å²) in [5.74, 6) is 0.298. The van der Waals surface area contributed by atoms with Crippen LogP contribution in [0.3, 0.4) is 0 Å². The molecule has 2 aromatic heterocycles. The van der Waals surface area contributed by atoms with Crippen LogP contribution < -0.4 is 10.6 Å². The van der Waals surface area contributed by atoms with Crippen molar-refractivity contribution in [3.05, 3.63) is 66.8 Å². The molecule has 1 amide bonds. The zero-order chi connectivity index (χ0) is 19.7. The summed E-state index contributed by atoms with van der Waals surface area (Å²) >= 11 is 12.4. The van der Waals surface area contributed by atoms with Crippen LogP contribution in [0.15, 0.2) is 62.8 Å². The third-order valence-electron chi connectivity index (χ3n) is 3.78. The van der Waals surface area contributed by atoms with Crippen LogP contribution in [0.5, 0.6) is 0 Å². The second-order valence-corrected chi connectivity index (χ2v) is 9.17. The average molecular weight is 584 g/mol. The molecule has 9 heteroatoms. The molecule has 2 aromatic carbocycles. The molecule has 140 valence electrons. The van der Waals surface area contributed by atoms with Gasteiger partial charge in [-0.05, 0) is 98.6 Å². The molecule has 0 aliphatic carbocycles. The minimum Gasteiger partial charge on any atom is -0.436 e. The number of thiocarbonyl (C=S) groups is 1. The smallest absolute Gasteiger partial charge is 0.267 e. The van der Waals surface area contributed by atoms with Crippen molar-refractivity contribution >= 4 is 89.9 Å². The normalized spacial score (nSPS) is 10.8. The van der Waals surface area contributed by atoms with Gasteiger partial charge in [0.25, 0.3) is 5.91 Å². The number of nitrogens with one attached hydrogen (secondary N) is 2. The van der Waals surface area contributed by atoms with Gasteiger partial charge >= 0.3 is 0 Å². The Morgan fingerprint density at radius 1 is 1.21 bits per heavy atom. The molecule has 2 N–H and O–H groups in total. The van der Waals surface area contributed by atoms with E-state index in [1.807, 2.05) is 47.8 Å². The highest BCUT2D eigenvalue weighted by atomic mass is 127. The number of hydrogen-bond acceptors (Lipinski definition) is 5. The molecule has 0 fully saturated rings. The Balaban J connectivity index is 1.54. The number of rotatable bonds is 3. The fourth-order valence-electron chi connectivity index (χ4n) is 2.52. The van der Waals surface area contributed by atoms with Gasteiger partial charge in [-0.25, -0.2) is 4.98 Å². The van der Waals surface area contributed by atoms with E-state index in [9.17, 15) is 4.79 Å². The van der Waals surface area contributed by atoms with Gasteiger partial charge in [0.2, 0.25) is 5.89 Å². The summed E-state index contributed by atoms with van der Waals surface area (Å²) in [5.41, 5.74) is 2.96. The van der Waals surface area contributed by atoms with E-state index < -0.39 is 0 Å². The summed E-state index contributed by atoms with van der Waals surface area (Å²) in [6.07, 6.45) is 0. The second kappa shape index (κ2) is 8.27. The van der Waals surface area contributed by atoms with Gasteiger partial charge in [-0.3, -0.25) is 10.1 Å². The molecule has 0 radical (unpaired) electrons. The number of carbonyl (C=O) groups is 1. The standard InChI is InChI=1S/C19H11BrIN3O2S2/c20-13-5-3-10(21)8-12(13)18-23-14-9-11(4-6-15(14)26-18)22-19(27)24-17(25)16-2-1-7-28-16/h1-9H,(H2,22,24,25,27). The highest BCUT2D eigenvalue weighted by Gasteiger charge is 2.13.